The summed E-state index contributed by atoms with van der Waals surface area (Å²) in [6.45, 7) is 1.81. The van der Waals surface area contributed by atoms with E-state index in [1.54, 1.807) is 18.2 Å². The minimum absolute atomic E-state index is 0.255. The number of halogens is 3. The molecule has 0 saturated carbocycles. The van der Waals surface area contributed by atoms with E-state index in [0.29, 0.717) is 5.39 Å². The molecule has 0 aliphatic heterocycles. The van der Waals surface area contributed by atoms with E-state index in [9.17, 15) is 13.2 Å². The fourth-order valence-corrected chi connectivity index (χ4v) is 1.82. The Morgan fingerprint density at radius 2 is 1.56 bits per heavy atom. The topological polar surface area (TPSA) is 0 Å². The molecule has 0 amide bonds. The van der Waals surface area contributed by atoms with Crippen LogP contribution in [-0.4, -0.2) is 0 Å². The van der Waals surface area contributed by atoms with Gasteiger partial charge in [0.1, 0.15) is 0 Å². The molecule has 0 aliphatic rings. The van der Waals surface area contributed by atoms with Crippen molar-refractivity contribution in [2.75, 3.05) is 0 Å². The van der Waals surface area contributed by atoms with E-state index < -0.39 is 11.7 Å². The van der Waals surface area contributed by atoms with Crippen LogP contribution in [0.25, 0.3) is 10.8 Å². The summed E-state index contributed by atoms with van der Waals surface area (Å²) in [6, 6.07) is 9.22. The zero-order chi connectivity index (χ0) is 11.8. The smallest absolute Gasteiger partial charge is 0.166 e. The van der Waals surface area contributed by atoms with Gasteiger partial charge < -0.3 is 0 Å². The van der Waals surface area contributed by atoms with Gasteiger partial charge in [0.25, 0.3) is 0 Å². The van der Waals surface area contributed by atoms with Crippen molar-refractivity contribution in [2.45, 2.75) is 13.1 Å². The zero-order valence-corrected chi connectivity index (χ0v) is 8.68. The van der Waals surface area contributed by atoms with Crippen LogP contribution in [-0.2, 0) is 6.18 Å². The molecular weight excluding hydrogens is 213 g/mol. The maximum absolute atomic E-state index is 12.7. The van der Waals surface area contributed by atoms with Crippen molar-refractivity contribution >= 4 is 10.8 Å². The Hall–Kier alpha value is -1.51. The van der Waals surface area contributed by atoms with Crippen LogP contribution in [0.5, 0.6) is 0 Å². The Kier molecular flexibility index (Phi) is 2.62. The highest BCUT2D eigenvalue weighted by Gasteiger charge is 2.32. The number of hydrogen-bond acceptors (Lipinski definition) is 0. The Balaban J connectivity index is 2.80. The number of alkyl halides is 3. The summed E-state index contributed by atoms with van der Waals surface area (Å²) >= 11 is 0. The van der Waals surface area contributed by atoms with Gasteiger partial charge in [-0.25, -0.2) is 0 Å². The van der Waals surface area contributed by atoms with Crippen molar-refractivity contribution in [1.29, 1.82) is 0 Å². The Morgan fingerprint density at radius 3 is 2.12 bits per heavy atom. The highest BCUT2D eigenvalue weighted by Crippen LogP contribution is 2.36. The minimum Gasteiger partial charge on any atom is -0.166 e. The summed E-state index contributed by atoms with van der Waals surface area (Å²) in [5.74, 6) is 0. The lowest BCUT2D eigenvalue weighted by atomic mass is 9.98. The molecule has 16 heavy (non-hydrogen) atoms. The van der Waals surface area contributed by atoms with Crippen LogP contribution in [0.3, 0.4) is 0 Å². The molecule has 0 fully saturated rings. The van der Waals surface area contributed by atoms with Crippen molar-refractivity contribution < 1.29 is 13.2 Å². The van der Waals surface area contributed by atoms with Gasteiger partial charge in [-0.05, 0) is 28.8 Å². The molecule has 0 nitrogen and oxygen atoms in total. The molecule has 0 N–H and O–H groups in total. The number of fused-ring (bicyclic) bond motifs is 1. The summed E-state index contributed by atoms with van der Waals surface area (Å²) in [5.41, 5.74) is 0.248. The van der Waals surface area contributed by atoms with Crippen LogP contribution in [0, 0.1) is 6.42 Å². The molecule has 0 bridgehead atoms. The molecule has 0 aliphatic carbocycles. The van der Waals surface area contributed by atoms with Gasteiger partial charge in [0, 0.05) is 0 Å². The van der Waals surface area contributed by atoms with E-state index in [4.69, 9.17) is 0 Å². The van der Waals surface area contributed by atoms with Crippen LogP contribution in [0.1, 0.15) is 18.1 Å². The van der Waals surface area contributed by atoms with Crippen LogP contribution in [0.2, 0.25) is 0 Å². The maximum atomic E-state index is 12.7. The molecule has 3 heteroatoms. The van der Waals surface area contributed by atoms with Gasteiger partial charge in [-0.15, -0.1) is 0 Å². The molecule has 1 radical (unpaired) electrons. The zero-order valence-electron chi connectivity index (χ0n) is 8.68. The van der Waals surface area contributed by atoms with E-state index in [2.05, 4.69) is 0 Å². The predicted octanol–water partition coefficient (Wildman–Crippen LogP) is 4.43. The van der Waals surface area contributed by atoms with Gasteiger partial charge in [-0.1, -0.05) is 37.3 Å². The number of hydrogen-bond donors (Lipinski definition) is 0. The molecule has 0 unspecified atom stereocenters. The Morgan fingerprint density at radius 1 is 0.938 bits per heavy atom. The first-order chi connectivity index (χ1) is 7.54. The van der Waals surface area contributed by atoms with Crippen LogP contribution in [0.15, 0.2) is 36.4 Å². The standard InChI is InChI=1S/C13H10F3/c1-2-9-7-8-12(13(14,15)16)11-6-4-3-5-10(9)11/h2-8H,1H3. The lowest BCUT2D eigenvalue weighted by Crippen LogP contribution is -2.06. The molecule has 2 rings (SSSR count). The van der Waals surface area contributed by atoms with Gasteiger partial charge in [0.15, 0.2) is 0 Å². The molecule has 0 heterocycles. The SMILES string of the molecule is C[CH]c1ccc(C(F)(F)F)c2ccccc12. The van der Waals surface area contributed by atoms with Crippen molar-refractivity contribution in [2.24, 2.45) is 0 Å². The van der Waals surface area contributed by atoms with Crippen LogP contribution < -0.4 is 0 Å². The van der Waals surface area contributed by atoms with Crippen molar-refractivity contribution in [3.8, 4) is 0 Å². The van der Waals surface area contributed by atoms with Gasteiger partial charge >= 0.3 is 6.18 Å². The van der Waals surface area contributed by atoms with Gasteiger partial charge in [-0.2, -0.15) is 13.2 Å². The molecular formula is C13H10F3. The highest BCUT2D eigenvalue weighted by atomic mass is 19.4. The Bertz CT molecular complexity index is 512. The third-order valence-electron chi connectivity index (χ3n) is 2.57. The number of rotatable bonds is 1. The average molecular weight is 223 g/mol. The van der Waals surface area contributed by atoms with Crippen molar-refractivity contribution in [3.05, 3.63) is 53.9 Å². The van der Waals surface area contributed by atoms with Gasteiger partial charge in [-0.3, -0.25) is 0 Å². The van der Waals surface area contributed by atoms with E-state index in [1.165, 1.54) is 12.1 Å². The van der Waals surface area contributed by atoms with Crippen molar-refractivity contribution in [1.82, 2.24) is 0 Å². The predicted molar refractivity (Wildman–Crippen MR) is 58.0 cm³/mol. The minimum atomic E-state index is -4.30. The van der Waals surface area contributed by atoms with Gasteiger partial charge in [0.2, 0.25) is 0 Å². The quantitative estimate of drug-likeness (QED) is 0.670. The first-order valence-corrected chi connectivity index (χ1v) is 4.92. The average Bonchev–Trinajstić information content (AvgIpc) is 2.26. The van der Waals surface area contributed by atoms with Crippen LogP contribution >= 0.6 is 0 Å². The lowest BCUT2D eigenvalue weighted by molar-refractivity contribution is -0.136. The highest BCUT2D eigenvalue weighted by molar-refractivity contribution is 5.90. The van der Waals surface area contributed by atoms with Crippen molar-refractivity contribution in [3.63, 3.8) is 0 Å². The first kappa shape index (κ1) is 11.0. The van der Waals surface area contributed by atoms with E-state index >= 15 is 0 Å². The molecule has 2 aromatic carbocycles. The summed E-state index contributed by atoms with van der Waals surface area (Å²) in [6.07, 6.45) is -2.49. The second kappa shape index (κ2) is 3.81. The summed E-state index contributed by atoms with van der Waals surface area (Å²) in [7, 11) is 0. The van der Waals surface area contributed by atoms with E-state index in [0.717, 1.165) is 11.6 Å². The molecule has 0 aromatic heterocycles. The fourth-order valence-electron chi connectivity index (χ4n) is 1.82. The number of benzene rings is 2. The maximum Gasteiger partial charge on any atom is 0.417 e. The van der Waals surface area contributed by atoms with E-state index in [-0.39, 0.29) is 5.39 Å². The summed E-state index contributed by atoms with van der Waals surface area (Å²) < 4.78 is 38.2. The van der Waals surface area contributed by atoms with Gasteiger partial charge in [0.05, 0.1) is 5.56 Å². The Labute approximate surface area is 91.7 Å². The molecule has 0 saturated heterocycles. The molecule has 83 valence electrons. The largest absolute Gasteiger partial charge is 0.417 e. The summed E-state index contributed by atoms with van der Waals surface area (Å²) in [5, 5.41) is 0.894. The molecule has 0 spiro atoms. The normalized spacial score (nSPS) is 12.0. The fraction of sp³-hybridized carbons (Fsp3) is 0.154. The first-order valence-electron chi connectivity index (χ1n) is 4.92. The second-order valence-corrected chi connectivity index (χ2v) is 3.53. The second-order valence-electron chi connectivity index (χ2n) is 3.53. The monoisotopic (exact) mass is 223 g/mol. The van der Waals surface area contributed by atoms with Crippen LogP contribution in [0.4, 0.5) is 13.2 Å². The molecule has 0 atom stereocenters. The van der Waals surface area contributed by atoms with E-state index in [1.807, 2.05) is 13.3 Å². The third kappa shape index (κ3) is 1.77. The lowest BCUT2D eigenvalue weighted by Gasteiger charge is -2.12. The molecule has 2 aromatic rings. The third-order valence-corrected chi connectivity index (χ3v) is 2.57. The summed E-state index contributed by atoms with van der Waals surface area (Å²) in [4.78, 5) is 0.